The second kappa shape index (κ2) is 14.5. The largest absolute Gasteiger partial charge is 0.484 e. The van der Waals surface area contributed by atoms with Crippen molar-refractivity contribution in [1.82, 2.24) is 10.6 Å². The van der Waals surface area contributed by atoms with E-state index < -0.39 is 30.5 Å². The molecule has 1 atom stereocenters. The smallest absolute Gasteiger partial charge is 0.407 e. The van der Waals surface area contributed by atoms with E-state index in [0.717, 1.165) is 22.3 Å². The van der Waals surface area contributed by atoms with E-state index in [1.807, 2.05) is 48.5 Å². The monoisotopic (exact) mass is 572 g/mol. The third-order valence-electron chi connectivity index (χ3n) is 6.61. The summed E-state index contributed by atoms with van der Waals surface area (Å²) in [5, 5.41) is 4.90. The van der Waals surface area contributed by atoms with Crippen molar-refractivity contribution < 1.29 is 38.1 Å². The molecule has 1 aliphatic carbocycles. The molecule has 0 saturated carbocycles. The van der Waals surface area contributed by atoms with Gasteiger partial charge in [0.25, 0.3) is 5.91 Å². The van der Waals surface area contributed by atoms with Gasteiger partial charge in [-0.15, -0.1) is 0 Å². The number of alkyl carbamates (subject to hydrolysis) is 1. The number of benzene rings is 3. The first-order valence-electron chi connectivity index (χ1n) is 13.4. The highest BCUT2D eigenvalue weighted by Crippen LogP contribution is 2.44. The van der Waals surface area contributed by atoms with Crippen molar-refractivity contribution in [3.63, 3.8) is 0 Å². The summed E-state index contributed by atoms with van der Waals surface area (Å²) in [6, 6.07) is 21.2. The number of carbonyl (C=O) groups is 4. The molecule has 1 aliphatic rings. The van der Waals surface area contributed by atoms with Gasteiger partial charge in [-0.05, 0) is 39.9 Å². The third-order valence-corrected chi connectivity index (χ3v) is 6.61. The topological polar surface area (TPSA) is 129 Å². The second-order valence-corrected chi connectivity index (χ2v) is 9.41. The first-order chi connectivity index (χ1) is 20.4. The Labute approximate surface area is 243 Å². The Morgan fingerprint density at radius 3 is 2.14 bits per heavy atom. The Balaban J connectivity index is 1.32. The van der Waals surface area contributed by atoms with E-state index >= 15 is 0 Å². The average Bonchev–Trinajstić information content (AvgIpc) is 3.34. The van der Waals surface area contributed by atoms with E-state index in [2.05, 4.69) is 17.2 Å². The number of amides is 2. The molecule has 0 radical (unpaired) electrons. The molecule has 42 heavy (non-hydrogen) atoms. The molecule has 0 aromatic heterocycles. The van der Waals surface area contributed by atoms with Gasteiger partial charge in [0.1, 0.15) is 31.6 Å². The van der Waals surface area contributed by atoms with Crippen LogP contribution in [-0.4, -0.2) is 56.8 Å². The van der Waals surface area contributed by atoms with Gasteiger partial charge >= 0.3 is 18.0 Å². The Kier molecular flexibility index (Phi) is 10.3. The summed E-state index contributed by atoms with van der Waals surface area (Å²) >= 11 is 0. The lowest BCUT2D eigenvalue weighted by molar-refractivity contribution is -0.152. The van der Waals surface area contributed by atoms with Crippen LogP contribution in [0, 0.1) is 0 Å². The summed E-state index contributed by atoms with van der Waals surface area (Å²) in [7, 11) is 1.51. The van der Waals surface area contributed by atoms with Crippen LogP contribution in [0.15, 0.2) is 85.5 Å². The van der Waals surface area contributed by atoms with E-state index in [1.54, 1.807) is 24.3 Å². The maximum Gasteiger partial charge on any atom is 0.407 e. The predicted molar refractivity (Wildman–Crippen MR) is 154 cm³/mol. The summed E-state index contributed by atoms with van der Waals surface area (Å²) in [4.78, 5) is 49.3. The van der Waals surface area contributed by atoms with Gasteiger partial charge in [-0.25, -0.2) is 9.59 Å². The van der Waals surface area contributed by atoms with E-state index in [1.165, 1.54) is 13.1 Å². The molecule has 3 aromatic carbocycles. The molecular weight excluding hydrogens is 540 g/mol. The van der Waals surface area contributed by atoms with E-state index in [0.29, 0.717) is 11.3 Å². The van der Waals surface area contributed by atoms with Crippen LogP contribution in [0.4, 0.5) is 4.79 Å². The standard InChI is InChI=1S/C32H32N2O8/c1-3-16-39-31(37)28(17-30(36)41-18-21-12-14-22(15-13-21)40-20-29(35)33-2)34-32(38)42-19-27-25-10-6-4-8-23(25)24-9-5-7-11-26(24)27/h3-15,27-28H,1,16-20H2,2H3,(H,33,35)(H,34,38). The lowest BCUT2D eigenvalue weighted by atomic mass is 9.98. The van der Waals surface area contributed by atoms with Crippen LogP contribution in [0.5, 0.6) is 5.75 Å². The molecule has 2 amide bonds. The number of rotatable bonds is 13. The molecule has 0 spiro atoms. The molecule has 0 saturated heterocycles. The zero-order valence-electron chi connectivity index (χ0n) is 23.2. The zero-order valence-corrected chi connectivity index (χ0v) is 23.2. The number of fused-ring (bicyclic) bond motifs is 3. The predicted octanol–water partition coefficient (Wildman–Crippen LogP) is 3.88. The maximum absolute atomic E-state index is 12.8. The molecule has 4 rings (SSSR count). The van der Waals surface area contributed by atoms with Crippen molar-refractivity contribution in [2.24, 2.45) is 0 Å². The minimum Gasteiger partial charge on any atom is -0.484 e. The van der Waals surface area contributed by atoms with Gasteiger partial charge in [-0.2, -0.15) is 0 Å². The Morgan fingerprint density at radius 1 is 0.881 bits per heavy atom. The van der Waals surface area contributed by atoms with E-state index in [-0.39, 0.29) is 38.3 Å². The lowest BCUT2D eigenvalue weighted by Gasteiger charge is -2.18. The van der Waals surface area contributed by atoms with Crippen molar-refractivity contribution >= 4 is 23.9 Å². The SMILES string of the molecule is C=CCOC(=O)C(CC(=O)OCc1ccc(OCC(=O)NC)cc1)NC(=O)OCC1c2ccccc2-c2ccccc21. The van der Waals surface area contributed by atoms with Crippen molar-refractivity contribution in [3.05, 3.63) is 102 Å². The van der Waals surface area contributed by atoms with Crippen molar-refractivity contribution in [1.29, 1.82) is 0 Å². The molecule has 0 aliphatic heterocycles. The number of nitrogens with one attached hydrogen (secondary N) is 2. The molecule has 0 heterocycles. The van der Waals surface area contributed by atoms with Gasteiger partial charge in [-0.1, -0.05) is 73.3 Å². The van der Waals surface area contributed by atoms with Crippen LogP contribution < -0.4 is 15.4 Å². The highest BCUT2D eigenvalue weighted by molar-refractivity contribution is 5.86. The second-order valence-electron chi connectivity index (χ2n) is 9.41. The summed E-state index contributed by atoms with van der Waals surface area (Å²) in [5.74, 6) is -1.50. The summed E-state index contributed by atoms with van der Waals surface area (Å²) < 4.78 is 21.2. The van der Waals surface area contributed by atoms with Crippen LogP contribution >= 0.6 is 0 Å². The molecule has 2 N–H and O–H groups in total. The number of esters is 2. The number of carbonyl (C=O) groups excluding carboxylic acids is 4. The van der Waals surface area contributed by atoms with E-state index in [4.69, 9.17) is 18.9 Å². The van der Waals surface area contributed by atoms with Gasteiger partial charge in [-0.3, -0.25) is 9.59 Å². The summed E-state index contributed by atoms with van der Waals surface area (Å²) in [5.41, 5.74) is 4.92. The zero-order chi connectivity index (χ0) is 29.9. The third kappa shape index (κ3) is 7.75. The van der Waals surface area contributed by atoms with Gasteiger partial charge < -0.3 is 29.6 Å². The van der Waals surface area contributed by atoms with E-state index in [9.17, 15) is 19.2 Å². The molecular formula is C32H32N2O8. The highest BCUT2D eigenvalue weighted by atomic mass is 16.6. The lowest BCUT2D eigenvalue weighted by Crippen LogP contribution is -2.44. The van der Waals surface area contributed by atoms with Gasteiger partial charge in [0.2, 0.25) is 0 Å². The van der Waals surface area contributed by atoms with Crippen molar-refractivity contribution in [2.45, 2.75) is 25.0 Å². The Bertz CT molecular complexity index is 1390. The number of likely N-dealkylation sites (N-methyl/N-ethyl adjacent to an activating group) is 1. The maximum atomic E-state index is 12.8. The first-order valence-corrected chi connectivity index (χ1v) is 13.4. The van der Waals surface area contributed by atoms with Crippen molar-refractivity contribution in [3.8, 4) is 16.9 Å². The fourth-order valence-electron chi connectivity index (χ4n) is 4.51. The normalized spacial score (nSPS) is 12.2. The fraction of sp³-hybridized carbons (Fsp3) is 0.250. The van der Waals surface area contributed by atoms with Crippen LogP contribution in [0.25, 0.3) is 11.1 Å². The Morgan fingerprint density at radius 2 is 1.52 bits per heavy atom. The molecule has 10 heteroatoms. The minimum atomic E-state index is -1.33. The Hall–Kier alpha value is -5.12. The van der Waals surface area contributed by atoms with Crippen LogP contribution in [-0.2, 0) is 35.2 Å². The molecule has 0 fully saturated rings. The molecule has 1 unspecified atom stereocenters. The van der Waals surface area contributed by atoms with Crippen molar-refractivity contribution in [2.75, 3.05) is 26.9 Å². The number of hydrogen-bond acceptors (Lipinski definition) is 8. The van der Waals surface area contributed by atoms with Gasteiger partial charge in [0.15, 0.2) is 6.61 Å². The van der Waals surface area contributed by atoms with Crippen LogP contribution in [0.3, 0.4) is 0 Å². The average molecular weight is 573 g/mol. The number of ether oxygens (including phenoxy) is 4. The first kappa shape index (κ1) is 29.9. The quantitative estimate of drug-likeness (QED) is 0.179. The number of hydrogen-bond donors (Lipinski definition) is 2. The summed E-state index contributed by atoms with van der Waals surface area (Å²) in [6.45, 7) is 3.26. The highest BCUT2D eigenvalue weighted by Gasteiger charge is 2.31. The summed E-state index contributed by atoms with van der Waals surface area (Å²) in [6.07, 6.45) is 0.0495. The molecule has 10 nitrogen and oxygen atoms in total. The minimum absolute atomic E-state index is 0.0432. The van der Waals surface area contributed by atoms with Gasteiger partial charge in [0.05, 0.1) is 6.42 Å². The molecule has 218 valence electrons. The fourth-order valence-corrected chi connectivity index (χ4v) is 4.51. The molecule has 0 bridgehead atoms. The van der Waals surface area contributed by atoms with Crippen LogP contribution in [0.2, 0.25) is 0 Å². The van der Waals surface area contributed by atoms with Gasteiger partial charge in [0, 0.05) is 13.0 Å². The van der Waals surface area contributed by atoms with Crippen LogP contribution in [0.1, 0.15) is 29.0 Å². The molecule has 3 aromatic rings.